The van der Waals surface area contributed by atoms with E-state index in [9.17, 15) is 9.59 Å². The largest absolute Gasteiger partial charge is 0.497 e. The number of amides is 2. The van der Waals surface area contributed by atoms with Crippen LogP contribution in [0.25, 0.3) is 11.0 Å². The molecule has 0 radical (unpaired) electrons. The zero-order valence-electron chi connectivity index (χ0n) is 18.7. The van der Waals surface area contributed by atoms with E-state index in [4.69, 9.17) is 13.9 Å². The van der Waals surface area contributed by atoms with Crippen molar-refractivity contribution in [3.63, 3.8) is 0 Å². The average molecular weight is 457 g/mol. The lowest BCUT2D eigenvalue weighted by atomic mass is 10.1. The van der Waals surface area contributed by atoms with Crippen molar-refractivity contribution in [1.29, 1.82) is 0 Å². The van der Waals surface area contributed by atoms with Crippen LogP contribution in [0, 0.1) is 0 Å². The second kappa shape index (κ2) is 10.4. The molecule has 1 heterocycles. The van der Waals surface area contributed by atoms with Crippen LogP contribution in [0.2, 0.25) is 0 Å². The van der Waals surface area contributed by atoms with E-state index >= 15 is 0 Å². The first-order valence-electron chi connectivity index (χ1n) is 10.5. The Labute approximate surface area is 195 Å². The lowest BCUT2D eigenvalue weighted by Gasteiger charge is -2.09. The summed E-state index contributed by atoms with van der Waals surface area (Å²) in [6.07, 6.45) is 0. The summed E-state index contributed by atoms with van der Waals surface area (Å²) < 4.78 is 16.4. The zero-order valence-corrected chi connectivity index (χ0v) is 18.7. The van der Waals surface area contributed by atoms with Crippen molar-refractivity contribution in [3.05, 3.63) is 101 Å². The molecular weight excluding hydrogens is 434 g/mol. The normalized spacial score (nSPS) is 11.2. The van der Waals surface area contributed by atoms with Crippen LogP contribution in [-0.4, -0.2) is 26.0 Å². The summed E-state index contributed by atoms with van der Waals surface area (Å²) in [7, 11) is 3.07. The summed E-state index contributed by atoms with van der Waals surface area (Å²) in [5, 5.41) is 7.63. The fourth-order valence-corrected chi connectivity index (χ4v) is 3.31. The molecule has 0 saturated heterocycles. The molecule has 2 amide bonds. The van der Waals surface area contributed by atoms with Crippen molar-refractivity contribution in [2.45, 2.75) is 6.54 Å². The third kappa shape index (κ3) is 5.07. The SMILES string of the molecule is COc1ccc(C(=O)N/N=c2/oc3c(OC)cccc3cc2C(=O)NCc2ccccc2)cc1. The summed E-state index contributed by atoms with van der Waals surface area (Å²) in [5.74, 6) is 0.248. The molecule has 172 valence electrons. The number of carbonyl (C=O) groups is 2. The van der Waals surface area contributed by atoms with Gasteiger partial charge in [-0.2, -0.15) is 0 Å². The Kier molecular flexibility index (Phi) is 6.88. The number of rotatable bonds is 7. The highest BCUT2D eigenvalue weighted by Gasteiger charge is 2.15. The van der Waals surface area contributed by atoms with E-state index in [1.807, 2.05) is 30.3 Å². The van der Waals surface area contributed by atoms with Gasteiger partial charge in [0.05, 0.1) is 14.2 Å². The van der Waals surface area contributed by atoms with Crippen LogP contribution in [0.1, 0.15) is 26.3 Å². The third-order valence-electron chi connectivity index (χ3n) is 5.11. The number of para-hydroxylation sites is 1. The molecule has 1 aromatic heterocycles. The molecule has 0 saturated carbocycles. The van der Waals surface area contributed by atoms with E-state index < -0.39 is 11.8 Å². The average Bonchev–Trinajstić information content (AvgIpc) is 2.90. The van der Waals surface area contributed by atoms with E-state index in [0.717, 1.165) is 5.56 Å². The maximum Gasteiger partial charge on any atom is 0.271 e. The third-order valence-corrected chi connectivity index (χ3v) is 5.11. The number of ether oxygens (including phenoxy) is 2. The van der Waals surface area contributed by atoms with E-state index in [2.05, 4.69) is 15.8 Å². The molecular formula is C26H23N3O5. The monoisotopic (exact) mass is 457 g/mol. The minimum atomic E-state index is -0.464. The molecule has 0 bridgehead atoms. The molecule has 0 aliphatic rings. The minimum Gasteiger partial charge on any atom is -0.497 e. The van der Waals surface area contributed by atoms with Crippen molar-refractivity contribution in [2.75, 3.05) is 14.2 Å². The predicted octanol–water partition coefficient (Wildman–Crippen LogP) is 3.63. The van der Waals surface area contributed by atoms with Gasteiger partial charge in [0.15, 0.2) is 11.3 Å². The van der Waals surface area contributed by atoms with Gasteiger partial charge in [-0.3, -0.25) is 9.59 Å². The molecule has 4 rings (SSSR count). The van der Waals surface area contributed by atoms with E-state index in [0.29, 0.717) is 34.6 Å². The summed E-state index contributed by atoms with van der Waals surface area (Å²) >= 11 is 0. The highest BCUT2D eigenvalue weighted by molar-refractivity contribution is 5.97. The van der Waals surface area contributed by atoms with E-state index in [-0.39, 0.29) is 11.1 Å². The van der Waals surface area contributed by atoms with Gasteiger partial charge in [-0.25, -0.2) is 5.43 Å². The molecule has 0 fully saturated rings. The Morgan fingerprint density at radius 1 is 0.882 bits per heavy atom. The highest BCUT2D eigenvalue weighted by Crippen LogP contribution is 2.24. The van der Waals surface area contributed by atoms with Gasteiger partial charge < -0.3 is 19.2 Å². The van der Waals surface area contributed by atoms with Crippen LogP contribution in [0.3, 0.4) is 0 Å². The lowest BCUT2D eigenvalue weighted by Crippen LogP contribution is -2.30. The molecule has 3 aromatic carbocycles. The van der Waals surface area contributed by atoms with Gasteiger partial charge in [-0.05, 0) is 42.0 Å². The summed E-state index contributed by atoms with van der Waals surface area (Å²) in [6.45, 7) is 0.327. The van der Waals surface area contributed by atoms with Gasteiger partial charge in [0, 0.05) is 17.5 Å². The molecule has 2 N–H and O–H groups in total. The van der Waals surface area contributed by atoms with Gasteiger partial charge >= 0.3 is 0 Å². The predicted molar refractivity (Wildman–Crippen MR) is 126 cm³/mol. The van der Waals surface area contributed by atoms with Crippen LogP contribution in [0.15, 0.2) is 88.4 Å². The Morgan fingerprint density at radius 2 is 1.65 bits per heavy atom. The number of benzene rings is 3. The first kappa shape index (κ1) is 22.6. The zero-order chi connectivity index (χ0) is 23.9. The topological polar surface area (TPSA) is 102 Å². The second-order valence-corrected chi connectivity index (χ2v) is 7.29. The number of hydrogen-bond donors (Lipinski definition) is 2. The summed E-state index contributed by atoms with van der Waals surface area (Å²) in [5.41, 5.74) is 4.30. The molecule has 34 heavy (non-hydrogen) atoms. The maximum atomic E-state index is 13.0. The highest BCUT2D eigenvalue weighted by atomic mass is 16.5. The first-order chi connectivity index (χ1) is 16.6. The van der Waals surface area contributed by atoms with Crippen molar-refractivity contribution in [3.8, 4) is 11.5 Å². The van der Waals surface area contributed by atoms with Crippen LogP contribution < -0.4 is 25.8 Å². The quantitative estimate of drug-likeness (QED) is 0.413. The van der Waals surface area contributed by atoms with Gasteiger partial charge in [0.1, 0.15) is 11.3 Å². The van der Waals surface area contributed by atoms with E-state index in [1.54, 1.807) is 55.6 Å². The molecule has 0 atom stereocenters. The summed E-state index contributed by atoms with van der Waals surface area (Å²) in [4.78, 5) is 25.6. The van der Waals surface area contributed by atoms with Gasteiger partial charge in [0.2, 0.25) is 5.55 Å². The molecule has 0 aliphatic heterocycles. The number of carbonyl (C=O) groups excluding carboxylic acids is 2. The van der Waals surface area contributed by atoms with Crippen molar-refractivity contribution >= 4 is 22.8 Å². The van der Waals surface area contributed by atoms with Crippen LogP contribution >= 0.6 is 0 Å². The van der Waals surface area contributed by atoms with Crippen LogP contribution in [-0.2, 0) is 6.54 Å². The Morgan fingerprint density at radius 3 is 2.35 bits per heavy atom. The Balaban J connectivity index is 1.68. The second-order valence-electron chi connectivity index (χ2n) is 7.29. The molecule has 8 heteroatoms. The van der Waals surface area contributed by atoms with E-state index in [1.165, 1.54) is 7.11 Å². The number of fused-ring (bicyclic) bond motifs is 1. The van der Waals surface area contributed by atoms with Gasteiger partial charge in [-0.15, -0.1) is 5.10 Å². The minimum absolute atomic E-state index is 0.0515. The molecule has 0 aliphatic carbocycles. The fraction of sp³-hybridized carbons (Fsp3) is 0.115. The van der Waals surface area contributed by atoms with Gasteiger partial charge in [-0.1, -0.05) is 42.5 Å². The number of nitrogens with one attached hydrogen (secondary N) is 2. The number of nitrogens with zero attached hydrogens (tertiary/aromatic N) is 1. The lowest BCUT2D eigenvalue weighted by molar-refractivity contribution is 0.0932. The summed E-state index contributed by atoms with van der Waals surface area (Å²) in [6, 6.07) is 23.1. The number of methoxy groups -OCH3 is 2. The molecule has 0 unspecified atom stereocenters. The maximum absolute atomic E-state index is 13.0. The van der Waals surface area contributed by atoms with Crippen LogP contribution in [0.5, 0.6) is 11.5 Å². The standard InChI is InChI=1S/C26H23N3O5/c1-32-20-13-11-18(12-14-20)24(30)28-29-26-21(25(31)27-16-17-7-4-3-5-8-17)15-19-9-6-10-22(33-2)23(19)34-26/h3-15H,16H2,1-2H3,(H,27,31)(H,28,30)/b29-26+. The Bertz CT molecular complexity index is 1380. The first-order valence-corrected chi connectivity index (χ1v) is 10.5. The smallest absolute Gasteiger partial charge is 0.271 e. The fourth-order valence-electron chi connectivity index (χ4n) is 3.31. The molecule has 0 spiro atoms. The van der Waals surface area contributed by atoms with Crippen LogP contribution in [0.4, 0.5) is 0 Å². The van der Waals surface area contributed by atoms with Crippen molar-refractivity contribution < 1.29 is 23.5 Å². The Hall–Kier alpha value is -4.59. The van der Waals surface area contributed by atoms with Crippen molar-refractivity contribution in [2.24, 2.45) is 5.10 Å². The number of hydrogen-bond acceptors (Lipinski definition) is 6. The van der Waals surface area contributed by atoms with Gasteiger partial charge in [0.25, 0.3) is 11.8 Å². The molecule has 8 nitrogen and oxygen atoms in total. The van der Waals surface area contributed by atoms with Crippen molar-refractivity contribution in [1.82, 2.24) is 10.7 Å². The molecule has 4 aromatic rings.